The number of hydrogen-bond donors (Lipinski definition) is 0. The summed E-state index contributed by atoms with van der Waals surface area (Å²) in [6, 6.07) is 6.13. The first-order chi connectivity index (χ1) is 13.1. The Bertz CT molecular complexity index is 846. The van der Waals surface area contributed by atoms with Crippen molar-refractivity contribution >= 4 is 11.4 Å². The third kappa shape index (κ3) is 2.45. The number of ether oxygens (including phenoxy) is 4. The van der Waals surface area contributed by atoms with Crippen molar-refractivity contribution in [1.29, 1.82) is 0 Å². The highest BCUT2D eigenvalue weighted by molar-refractivity contribution is 6.00. The van der Waals surface area contributed by atoms with Crippen LogP contribution in [0.3, 0.4) is 0 Å². The number of methoxy groups -OCH3 is 1. The lowest BCUT2D eigenvalue weighted by molar-refractivity contribution is -0.182. The second kappa shape index (κ2) is 6.30. The highest BCUT2D eigenvalue weighted by Gasteiger charge is 2.56. The highest BCUT2D eigenvalue weighted by Crippen LogP contribution is 2.56. The lowest BCUT2D eigenvalue weighted by Crippen LogP contribution is -2.51. The van der Waals surface area contributed by atoms with Gasteiger partial charge in [0.2, 0.25) is 0 Å². The maximum absolute atomic E-state index is 13.2. The topological polar surface area (TPSA) is 54.0 Å². The maximum atomic E-state index is 13.2. The van der Waals surface area contributed by atoms with Gasteiger partial charge in [0, 0.05) is 24.5 Å². The number of ketones is 1. The Kier molecular flexibility index (Phi) is 4.00. The lowest BCUT2D eigenvalue weighted by Gasteiger charge is -2.45. The fourth-order valence-corrected chi connectivity index (χ4v) is 5.37. The molecule has 0 N–H and O–H groups in total. The van der Waals surface area contributed by atoms with Crippen molar-refractivity contribution in [3.8, 4) is 5.75 Å². The summed E-state index contributed by atoms with van der Waals surface area (Å²) in [5.41, 5.74) is 4.36. The van der Waals surface area contributed by atoms with Gasteiger partial charge in [0.15, 0.2) is 18.4 Å². The zero-order valence-electron chi connectivity index (χ0n) is 15.7. The molecule has 5 nitrogen and oxygen atoms in total. The number of hydrogen-bond acceptors (Lipinski definition) is 5. The van der Waals surface area contributed by atoms with Crippen molar-refractivity contribution in [2.75, 3.05) is 27.1 Å². The summed E-state index contributed by atoms with van der Waals surface area (Å²) < 4.78 is 23.0. The van der Waals surface area contributed by atoms with Gasteiger partial charge in [0.25, 0.3) is 0 Å². The molecule has 1 aromatic carbocycles. The third-order valence-electron chi connectivity index (χ3n) is 6.40. The predicted octanol–water partition coefficient (Wildman–Crippen LogP) is 3.13. The number of allylic oxidation sites excluding steroid dienone is 3. The molecule has 0 amide bonds. The molecule has 5 heteroatoms. The molecule has 5 rings (SSSR count). The second-order valence-electron chi connectivity index (χ2n) is 7.79. The molecule has 3 aliphatic carbocycles. The van der Waals surface area contributed by atoms with Crippen LogP contribution >= 0.6 is 0 Å². The van der Waals surface area contributed by atoms with E-state index in [1.54, 1.807) is 7.11 Å². The Labute approximate surface area is 158 Å². The Morgan fingerprint density at radius 1 is 1.26 bits per heavy atom. The number of benzene rings is 1. The quantitative estimate of drug-likeness (QED) is 0.768. The molecular formula is C22H24O5. The minimum Gasteiger partial charge on any atom is -0.467 e. The fourth-order valence-electron chi connectivity index (χ4n) is 5.37. The SMILES string of the molecule is COCOc1cccc2c1C1=CCC3C(C(=O)C(C)=CC34OCCO4)C1C2. The molecule has 3 atom stereocenters. The van der Waals surface area contributed by atoms with Crippen LogP contribution in [0.2, 0.25) is 0 Å². The number of Topliss-reactive ketones (excluding diaryl/α,β-unsaturated/α-hetero) is 1. The number of carbonyl (C=O) groups excluding carboxylic acids is 1. The molecule has 1 aromatic rings. The number of fused-ring (bicyclic) bond motifs is 6. The molecule has 3 unspecified atom stereocenters. The van der Waals surface area contributed by atoms with E-state index in [0.717, 1.165) is 29.7 Å². The summed E-state index contributed by atoms with van der Waals surface area (Å²) in [6.45, 7) is 3.26. The van der Waals surface area contributed by atoms with E-state index in [9.17, 15) is 4.79 Å². The minimum absolute atomic E-state index is 0.0302. The number of carbonyl (C=O) groups is 1. The normalized spacial score (nSPS) is 30.4. The standard InChI is InChI=1S/C22H24O5/c1-13-11-22(26-8-9-27-22)17-7-6-15-16(20(17)21(13)23)10-14-4-3-5-18(19(14)15)25-12-24-2/h3-6,11,16-17,20H,7-10,12H2,1-2H3. The second-order valence-corrected chi connectivity index (χ2v) is 7.79. The molecule has 1 fully saturated rings. The van der Waals surface area contributed by atoms with E-state index in [1.807, 2.05) is 25.1 Å². The minimum atomic E-state index is -0.741. The average Bonchev–Trinajstić information content (AvgIpc) is 3.29. The van der Waals surface area contributed by atoms with Gasteiger partial charge in [0.1, 0.15) is 5.75 Å². The van der Waals surface area contributed by atoms with Crippen LogP contribution in [0.15, 0.2) is 35.9 Å². The smallest absolute Gasteiger partial charge is 0.192 e. The van der Waals surface area contributed by atoms with Crippen LogP contribution in [0.1, 0.15) is 24.5 Å². The molecule has 0 aromatic heterocycles. The Balaban J connectivity index is 1.57. The molecule has 4 aliphatic rings. The van der Waals surface area contributed by atoms with Gasteiger partial charge < -0.3 is 18.9 Å². The Morgan fingerprint density at radius 2 is 2.07 bits per heavy atom. The van der Waals surface area contributed by atoms with Gasteiger partial charge in [-0.15, -0.1) is 0 Å². The van der Waals surface area contributed by atoms with E-state index >= 15 is 0 Å². The molecule has 1 saturated heterocycles. The maximum Gasteiger partial charge on any atom is 0.192 e. The monoisotopic (exact) mass is 368 g/mol. The molecule has 0 radical (unpaired) electrons. The van der Waals surface area contributed by atoms with Gasteiger partial charge in [-0.25, -0.2) is 0 Å². The van der Waals surface area contributed by atoms with Crippen molar-refractivity contribution in [2.24, 2.45) is 17.8 Å². The third-order valence-corrected chi connectivity index (χ3v) is 6.40. The summed E-state index contributed by atoms with van der Waals surface area (Å²) >= 11 is 0. The van der Waals surface area contributed by atoms with E-state index in [2.05, 4.69) is 12.1 Å². The molecule has 1 heterocycles. The molecule has 1 spiro atoms. The zero-order valence-corrected chi connectivity index (χ0v) is 15.7. The van der Waals surface area contributed by atoms with Gasteiger partial charge in [0.05, 0.1) is 13.2 Å². The van der Waals surface area contributed by atoms with E-state index in [0.29, 0.717) is 13.2 Å². The lowest BCUT2D eigenvalue weighted by atomic mass is 9.63. The largest absolute Gasteiger partial charge is 0.467 e. The van der Waals surface area contributed by atoms with Crippen LogP contribution in [0.25, 0.3) is 5.57 Å². The molecule has 0 saturated carbocycles. The summed E-state index contributed by atoms with van der Waals surface area (Å²) in [5, 5.41) is 0. The number of rotatable bonds is 3. The van der Waals surface area contributed by atoms with Gasteiger partial charge in [-0.05, 0) is 54.5 Å². The summed E-state index contributed by atoms with van der Waals surface area (Å²) in [6.07, 6.45) is 5.80. The van der Waals surface area contributed by atoms with Gasteiger partial charge in [-0.1, -0.05) is 18.2 Å². The predicted molar refractivity (Wildman–Crippen MR) is 99.1 cm³/mol. The Hall–Kier alpha value is -1.95. The van der Waals surface area contributed by atoms with Crippen molar-refractivity contribution in [2.45, 2.75) is 25.6 Å². The highest BCUT2D eigenvalue weighted by atomic mass is 16.7. The zero-order chi connectivity index (χ0) is 18.6. The van der Waals surface area contributed by atoms with Crippen LogP contribution in [0.5, 0.6) is 5.75 Å². The van der Waals surface area contributed by atoms with Crippen LogP contribution in [-0.4, -0.2) is 38.7 Å². The first-order valence-corrected chi connectivity index (χ1v) is 9.60. The average molecular weight is 368 g/mol. The molecular weight excluding hydrogens is 344 g/mol. The van der Waals surface area contributed by atoms with Gasteiger partial charge in [-0.3, -0.25) is 4.79 Å². The molecule has 1 aliphatic heterocycles. The van der Waals surface area contributed by atoms with E-state index < -0.39 is 5.79 Å². The Morgan fingerprint density at radius 3 is 2.85 bits per heavy atom. The van der Waals surface area contributed by atoms with Crippen molar-refractivity contribution < 1.29 is 23.7 Å². The van der Waals surface area contributed by atoms with Crippen LogP contribution < -0.4 is 4.74 Å². The molecule has 27 heavy (non-hydrogen) atoms. The van der Waals surface area contributed by atoms with E-state index in [1.165, 1.54) is 11.1 Å². The fraction of sp³-hybridized carbons (Fsp3) is 0.500. The summed E-state index contributed by atoms with van der Waals surface area (Å²) in [5.74, 6) is 0.382. The summed E-state index contributed by atoms with van der Waals surface area (Å²) in [4.78, 5) is 13.2. The summed E-state index contributed by atoms with van der Waals surface area (Å²) in [7, 11) is 1.62. The molecule has 0 bridgehead atoms. The van der Waals surface area contributed by atoms with Crippen LogP contribution in [0.4, 0.5) is 0 Å². The van der Waals surface area contributed by atoms with Gasteiger partial charge >= 0.3 is 0 Å². The van der Waals surface area contributed by atoms with Gasteiger partial charge in [-0.2, -0.15) is 0 Å². The van der Waals surface area contributed by atoms with E-state index in [-0.39, 0.29) is 30.3 Å². The van der Waals surface area contributed by atoms with Crippen molar-refractivity contribution in [3.63, 3.8) is 0 Å². The first-order valence-electron chi connectivity index (χ1n) is 9.60. The van der Waals surface area contributed by atoms with E-state index in [4.69, 9.17) is 18.9 Å². The first kappa shape index (κ1) is 17.2. The van der Waals surface area contributed by atoms with Crippen LogP contribution in [-0.2, 0) is 25.4 Å². The van der Waals surface area contributed by atoms with Crippen molar-refractivity contribution in [1.82, 2.24) is 0 Å². The van der Waals surface area contributed by atoms with Crippen molar-refractivity contribution in [3.05, 3.63) is 47.1 Å². The van der Waals surface area contributed by atoms with Crippen LogP contribution in [0, 0.1) is 17.8 Å². The molecule has 142 valence electrons.